The number of imidazole rings is 1. The third kappa shape index (κ3) is 9.74. The monoisotopic (exact) mass is 697 g/mol. The molecule has 2 unspecified atom stereocenters. The third-order valence-corrected chi connectivity index (χ3v) is 10.9. The van der Waals surface area contributed by atoms with E-state index in [0.29, 0.717) is 49.9 Å². The molecule has 2 saturated heterocycles. The minimum Gasteiger partial charge on any atom is -0.373 e. The van der Waals surface area contributed by atoms with Crippen LogP contribution in [-0.2, 0) is 32.8 Å². The summed E-state index contributed by atoms with van der Waals surface area (Å²) in [5.41, 5.74) is 4.67. The van der Waals surface area contributed by atoms with Crippen LogP contribution in [0.1, 0.15) is 88.8 Å². The van der Waals surface area contributed by atoms with Crippen molar-refractivity contribution in [3.8, 4) is 0 Å². The van der Waals surface area contributed by atoms with Crippen LogP contribution in [0.4, 0.5) is 0 Å². The van der Waals surface area contributed by atoms with Crippen LogP contribution in [0.3, 0.4) is 0 Å². The normalized spacial score (nSPS) is 19.3. The van der Waals surface area contributed by atoms with Crippen LogP contribution in [0.5, 0.6) is 0 Å². The molecule has 0 radical (unpaired) electrons. The Balaban J connectivity index is 1.09. The van der Waals surface area contributed by atoms with Gasteiger partial charge in [-0.3, -0.25) is 28.8 Å². The first-order valence-corrected chi connectivity index (χ1v) is 18.6. The number of aromatic nitrogens is 2. The topological polar surface area (TPSA) is 115 Å². The molecule has 0 bridgehead atoms. The van der Waals surface area contributed by atoms with Gasteiger partial charge in [0.25, 0.3) is 0 Å². The summed E-state index contributed by atoms with van der Waals surface area (Å²) >= 11 is 0. The van der Waals surface area contributed by atoms with Gasteiger partial charge in [-0.2, -0.15) is 0 Å². The van der Waals surface area contributed by atoms with E-state index < -0.39 is 11.9 Å². The van der Waals surface area contributed by atoms with Crippen molar-refractivity contribution >= 4 is 28.8 Å². The van der Waals surface area contributed by atoms with Gasteiger partial charge < -0.3 is 15.0 Å². The number of fused-ring (bicyclic) bond motifs is 1. The first-order chi connectivity index (χ1) is 24.5. The second-order valence-corrected chi connectivity index (χ2v) is 14.4. The molecule has 2 aromatic carbocycles. The molecule has 2 aliphatic rings. The van der Waals surface area contributed by atoms with Crippen LogP contribution >= 0.6 is 0 Å². The van der Waals surface area contributed by atoms with Crippen LogP contribution in [0.15, 0.2) is 77.6 Å². The van der Waals surface area contributed by atoms with E-state index in [1.807, 2.05) is 24.3 Å². The van der Waals surface area contributed by atoms with Crippen molar-refractivity contribution in [2.24, 2.45) is 18.9 Å². The highest BCUT2D eigenvalue weighted by Gasteiger charge is 2.32. The van der Waals surface area contributed by atoms with Gasteiger partial charge in [0.2, 0.25) is 17.7 Å². The molecule has 10 nitrogen and oxygen atoms in total. The maximum atomic E-state index is 13.2. The van der Waals surface area contributed by atoms with Gasteiger partial charge in [0, 0.05) is 33.0 Å². The van der Waals surface area contributed by atoms with Crippen LogP contribution in [-0.4, -0.2) is 64.0 Å². The van der Waals surface area contributed by atoms with Crippen LogP contribution < -0.4 is 16.3 Å². The molecule has 3 heterocycles. The van der Waals surface area contributed by atoms with Gasteiger partial charge in [-0.1, -0.05) is 81.5 Å². The Morgan fingerprint density at radius 3 is 2.51 bits per heavy atom. The number of likely N-dealkylation sites (tertiary alicyclic amines) is 1. The molecule has 2 N–H and O–H groups in total. The van der Waals surface area contributed by atoms with Crippen molar-refractivity contribution in [3.05, 3.63) is 94.4 Å². The average molecular weight is 698 g/mol. The summed E-state index contributed by atoms with van der Waals surface area (Å²) in [4.78, 5) is 52.7. The Kier molecular flexibility index (Phi) is 13.2. The quantitative estimate of drug-likeness (QED) is 0.145. The van der Waals surface area contributed by atoms with Crippen LogP contribution in [0, 0.1) is 11.8 Å². The van der Waals surface area contributed by atoms with Gasteiger partial charge in [0.15, 0.2) is 0 Å². The molecule has 3 aromatic rings. The van der Waals surface area contributed by atoms with Gasteiger partial charge in [-0.25, -0.2) is 4.79 Å². The molecule has 274 valence electrons. The highest BCUT2D eigenvalue weighted by atomic mass is 16.5. The standard InChI is InChI=1S/C41H55N5O5/c1-6-28(2)12-13-29(3)30(4)37(51-27-31-10-8-7-9-11-31)18-22-42-38(47)21-25-45-23-19-32(20-24-45)33-14-15-34-36(26-33)44(5)41(50)46(34)35-16-17-39(48)43-40(35)49/h7-15,26,29-30,32,35,37H,2,6,16-25,27H2,1,3-5H3,(H,42,47)(H,43,48,49)/b13-12-/t29?,30-,35?,37-/m1/s1. The lowest BCUT2D eigenvalue weighted by Gasteiger charge is -2.32. The number of piperidine rings is 2. The first kappa shape index (κ1) is 38.0. The molecule has 2 aliphatic heterocycles. The SMILES string of the molecule is C=C(/C=C\C(C)[C@@H](C)[C@@H](CCNC(=O)CCN1CCC(c2ccc3c(c2)n(C)c(=O)n3C2CCC(=O)NC2=O)CC1)OCc1ccccc1)CC. The van der Waals surface area contributed by atoms with Gasteiger partial charge in [0.1, 0.15) is 6.04 Å². The van der Waals surface area contributed by atoms with E-state index in [-0.39, 0.29) is 35.9 Å². The lowest BCUT2D eigenvalue weighted by molar-refractivity contribution is -0.135. The number of rotatable bonds is 16. The highest BCUT2D eigenvalue weighted by Crippen LogP contribution is 2.31. The molecule has 3 amide bonds. The van der Waals surface area contributed by atoms with E-state index >= 15 is 0 Å². The number of carbonyl (C=O) groups is 3. The molecule has 10 heteroatoms. The Hall–Kier alpha value is -4.28. The van der Waals surface area contributed by atoms with Gasteiger partial charge in [-0.15, -0.1) is 0 Å². The summed E-state index contributed by atoms with van der Waals surface area (Å²) in [6, 6.07) is 15.6. The minimum absolute atomic E-state index is 0.00305. The van der Waals surface area contributed by atoms with Gasteiger partial charge in [0.05, 0.1) is 23.7 Å². The lowest BCUT2D eigenvalue weighted by atomic mass is 9.88. The predicted octanol–water partition coefficient (Wildman–Crippen LogP) is 5.77. The summed E-state index contributed by atoms with van der Waals surface area (Å²) in [7, 11) is 1.73. The number of nitrogens with zero attached hydrogens (tertiary/aromatic N) is 3. The van der Waals surface area contributed by atoms with E-state index in [4.69, 9.17) is 4.74 Å². The fraction of sp³-hybridized carbons (Fsp3) is 0.512. The molecule has 1 aromatic heterocycles. The molecule has 4 atom stereocenters. The number of nitrogens with one attached hydrogen (secondary N) is 2. The van der Waals surface area contributed by atoms with Crippen molar-refractivity contribution in [3.63, 3.8) is 0 Å². The van der Waals surface area contributed by atoms with Gasteiger partial charge >= 0.3 is 5.69 Å². The number of hydrogen-bond acceptors (Lipinski definition) is 6. The Bertz CT molecular complexity index is 1770. The van der Waals surface area contributed by atoms with Crippen molar-refractivity contribution in [1.29, 1.82) is 0 Å². The number of ether oxygens (including phenoxy) is 1. The summed E-state index contributed by atoms with van der Waals surface area (Å²) in [6.45, 7) is 14.3. The van der Waals surface area contributed by atoms with Crippen LogP contribution in [0.25, 0.3) is 11.0 Å². The fourth-order valence-electron chi connectivity index (χ4n) is 7.25. The predicted molar refractivity (Wildman–Crippen MR) is 201 cm³/mol. The molecule has 51 heavy (non-hydrogen) atoms. The average Bonchev–Trinajstić information content (AvgIpc) is 3.39. The van der Waals surface area contributed by atoms with E-state index in [2.05, 4.69) is 79.3 Å². The highest BCUT2D eigenvalue weighted by molar-refractivity contribution is 6.00. The number of carbonyl (C=O) groups excluding carboxylic acids is 3. The third-order valence-electron chi connectivity index (χ3n) is 10.9. The number of benzene rings is 2. The molecular formula is C41H55N5O5. The number of hydrogen-bond donors (Lipinski definition) is 2. The zero-order chi connectivity index (χ0) is 36.5. The Morgan fingerprint density at radius 1 is 1.06 bits per heavy atom. The summed E-state index contributed by atoms with van der Waals surface area (Å²) in [6.07, 6.45) is 8.92. The Labute approximate surface area is 301 Å². The van der Waals surface area contributed by atoms with Crippen molar-refractivity contribution in [2.75, 3.05) is 26.2 Å². The van der Waals surface area contributed by atoms with E-state index in [0.717, 1.165) is 55.4 Å². The minimum atomic E-state index is -0.689. The largest absolute Gasteiger partial charge is 0.373 e. The van der Waals surface area contributed by atoms with Gasteiger partial charge in [-0.05, 0) is 86.2 Å². The number of imide groups is 1. The van der Waals surface area contributed by atoms with E-state index in [1.54, 1.807) is 11.6 Å². The summed E-state index contributed by atoms with van der Waals surface area (Å²) in [5.74, 6) is 0.256. The smallest absolute Gasteiger partial charge is 0.329 e. The molecular weight excluding hydrogens is 642 g/mol. The van der Waals surface area contributed by atoms with Crippen LogP contribution in [0.2, 0.25) is 0 Å². The van der Waals surface area contributed by atoms with E-state index in [1.165, 1.54) is 10.1 Å². The maximum absolute atomic E-state index is 13.2. The zero-order valence-corrected chi connectivity index (χ0v) is 30.7. The van der Waals surface area contributed by atoms with Crippen molar-refractivity contribution in [2.45, 2.75) is 90.4 Å². The molecule has 0 spiro atoms. The van der Waals surface area contributed by atoms with E-state index in [9.17, 15) is 19.2 Å². The second-order valence-electron chi connectivity index (χ2n) is 14.4. The number of amides is 3. The first-order valence-electron chi connectivity index (χ1n) is 18.6. The van der Waals surface area contributed by atoms with Crippen molar-refractivity contribution < 1.29 is 19.1 Å². The second kappa shape index (κ2) is 17.8. The van der Waals surface area contributed by atoms with Crippen molar-refractivity contribution in [1.82, 2.24) is 24.7 Å². The summed E-state index contributed by atoms with van der Waals surface area (Å²) in [5, 5.41) is 5.51. The number of aryl methyl sites for hydroxylation is 1. The maximum Gasteiger partial charge on any atom is 0.329 e. The molecule has 2 fully saturated rings. The zero-order valence-electron chi connectivity index (χ0n) is 30.7. The fourth-order valence-corrected chi connectivity index (χ4v) is 7.25. The lowest BCUT2D eigenvalue weighted by Crippen LogP contribution is -2.44. The number of allylic oxidation sites excluding steroid dienone is 3. The molecule has 0 saturated carbocycles. The Morgan fingerprint density at radius 2 is 1.80 bits per heavy atom. The molecule has 5 rings (SSSR count). The molecule has 0 aliphatic carbocycles. The summed E-state index contributed by atoms with van der Waals surface area (Å²) < 4.78 is 9.56.